The summed E-state index contributed by atoms with van der Waals surface area (Å²) in [6.45, 7) is 1.46. The number of halogens is 1. The standard InChI is InChI=1S/C24H20ClN3O5S/c25-19-10-5-4-9-18(19)23(29)27-12-14-28(15-13-27)24-22(26-21(33-24)20-11-6-16-32-20)34(30,31)17-7-2-1-3-8-17/h1-11,16H,12-15H2. The van der Waals surface area contributed by atoms with Gasteiger partial charge in [0.1, 0.15) is 0 Å². The van der Waals surface area contributed by atoms with Crippen molar-refractivity contribution in [1.82, 2.24) is 9.88 Å². The summed E-state index contributed by atoms with van der Waals surface area (Å²) in [6, 6.07) is 18.3. The van der Waals surface area contributed by atoms with E-state index in [-0.39, 0.29) is 27.6 Å². The van der Waals surface area contributed by atoms with Crippen molar-refractivity contribution in [3.8, 4) is 11.7 Å². The zero-order valence-electron chi connectivity index (χ0n) is 17.9. The number of oxazole rings is 1. The minimum atomic E-state index is -3.95. The van der Waals surface area contributed by atoms with Crippen molar-refractivity contribution in [3.05, 3.63) is 83.6 Å². The quantitative estimate of drug-likeness (QED) is 0.403. The Morgan fingerprint density at radius 1 is 0.912 bits per heavy atom. The molecule has 174 valence electrons. The predicted molar refractivity (Wildman–Crippen MR) is 126 cm³/mol. The first-order valence-corrected chi connectivity index (χ1v) is 12.4. The molecular weight excluding hydrogens is 478 g/mol. The molecule has 0 spiro atoms. The van der Waals surface area contributed by atoms with Crippen LogP contribution in [0.5, 0.6) is 0 Å². The van der Waals surface area contributed by atoms with Gasteiger partial charge in [-0.15, -0.1) is 0 Å². The summed E-state index contributed by atoms with van der Waals surface area (Å²) < 4.78 is 38.1. The van der Waals surface area contributed by atoms with E-state index in [0.717, 1.165) is 0 Å². The van der Waals surface area contributed by atoms with Crippen LogP contribution in [0.15, 0.2) is 91.7 Å². The molecule has 5 rings (SSSR count). The van der Waals surface area contributed by atoms with Crippen molar-refractivity contribution in [2.24, 2.45) is 0 Å². The van der Waals surface area contributed by atoms with Crippen LogP contribution in [0.25, 0.3) is 11.7 Å². The number of rotatable bonds is 5. The number of carbonyl (C=O) groups excluding carboxylic acids is 1. The molecule has 0 unspecified atom stereocenters. The van der Waals surface area contributed by atoms with Crippen LogP contribution in [-0.2, 0) is 9.84 Å². The third-order valence-electron chi connectivity index (χ3n) is 5.58. The van der Waals surface area contributed by atoms with E-state index in [1.165, 1.54) is 18.4 Å². The maximum atomic E-state index is 13.4. The second kappa shape index (κ2) is 9.00. The molecule has 1 aliphatic rings. The first kappa shape index (κ1) is 22.2. The second-order valence-corrected chi connectivity index (χ2v) is 9.95. The number of benzene rings is 2. The number of amides is 1. The average Bonchev–Trinajstić information content (AvgIpc) is 3.55. The lowest BCUT2D eigenvalue weighted by atomic mass is 10.2. The summed E-state index contributed by atoms with van der Waals surface area (Å²) in [6.07, 6.45) is 1.46. The molecule has 4 aromatic rings. The Labute approximate surface area is 201 Å². The highest BCUT2D eigenvalue weighted by Gasteiger charge is 2.34. The molecular formula is C24H20ClN3O5S. The summed E-state index contributed by atoms with van der Waals surface area (Å²) in [5, 5.41) is 0.209. The molecule has 0 bridgehead atoms. The summed E-state index contributed by atoms with van der Waals surface area (Å²) in [5.41, 5.74) is 0.435. The SMILES string of the molecule is O=C(c1ccccc1Cl)N1CCN(c2oc(-c3ccco3)nc2S(=O)(=O)c2ccccc2)CC1. The van der Waals surface area contributed by atoms with E-state index in [0.29, 0.717) is 42.5 Å². The zero-order valence-corrected chi connectivity index (χ0v) is 19.5. The van der Waals surface area contributed by atoms with E-state index in [9.17, 15) is 13.2 Å². The first-order valence-electron chi connectivity index (χ1n) is 10.6. The largest absolute Gasteiger partial charge is 0.459 e. The van der Waals surface area contributed by atoms with Crippen LogP contribution >= 0.6 is 11.6 Å². The number of carbonyl (C=O) groups is 1. The highest BCUT2D eigenvalue weighted by Crippen LogP contribution is 2.35. The number of hydrogen-bond acceptors (Lipinski definition) is 7. The topological polar surface area (TPSA) is 96.9 Å². The van der Waals surface area contributed by atoms with Crippen molar-refractivity contribution in [2.75, 3.05) is 31.1 Å². The number of sulfone groups is 1. The van der Waals surface area contributed by atoms with Crippen LogP contribution in [0.3, 0.4) is 0 Å². The Hall–Kier alpha value is -3.56. The van der Waals surface area contributed by atoms with Crippen molar-refractivity contribution >= 4 is 33.2 Å². The van der Waals surface area contributed by atoms with Gasteiger partial charge in [0.2, 0.25) is 20.7 Å². The maximum Gasteiger partial charge on any atom is 0.266 e. The van der Waals surface area contributed by atoms with Crippen molar-refractivity contribution in [2.45, 2.75) is 9.92 Å². The van der Waals surface area contributed by atoms with E-state index in [1.54, 1.807) is 64.4 Å². The predicted octanol–water partition coefficient (Wildman–Crippen LogP) is 4.38. The smallest absolute Gasteiger partial charge is 0.266 e. The third kappa shape index (κ3) is 4.08. The van der Waals surface area contributed by atoms with E-state index < -0.39 is 9.84 Å². The van der Waals surface area contributed by atoms with Gasteiger partial charge in [-0.1, -0.05) is 41.9 Å². The number of nitrogens with zero attached hydrogens (tertiary/aromatic N) is 3. The van der Waals surface area contributed by atoms with Crippen LogP contribution in [0.2, 0.25) is 5.02 Å². The van der Waals surface area contributed by atoms with Crippen LogP contribution in [-0.4, -0.2) is 50.4 Å². The molecule has 1 fully saturated rings. The number of furan rings is 1. The van der Waals surface area contributed by atoms with Gasteiger partial charge in [-0.3, -0.25) is 4.79 Å². The molecule has 0 saturated carbocycles. The molecule has 0 aliphatic carbocycles. The van der Waals surface area contributed by atoms with Gasteiger partial charge in [0, 0.05) is 26.2 Å². The zero-order chi connectivity index (χ0) is 23.7. The van der Waals surface area contributed by atoms with Crippen molar-refractivity contribution in [1.29, 1.82) is 0 Å². The van der Waals surface area contributed by atoms with Gasteiger partial charge >= 0.3 is 0 Å². The minimum absolute atomic E-state index is 0.0732. The summed E-state index contributed by atoms with van der Waals surface area (Å²) in [4.78, 5) is 20.8. The molecule has 10 heteroatoms. The highest BCUT2D eigenvalue weighted by atomic mass is 35.5. The van der Waals surface area contributed by atoms with Gasteiger partial charge in [0.05, 0.1) is 21.7 Å². The summed E-state index contributed by atoms with van der Waals surface area (Å²) in [7, 11) is -3.95. The lowest BCUT2D eigenvalue weighted by Crippen LogP contribution is -2.49. The molecule has 1 saturated heterocycles. The van der Waals surface area contributed by atoms with Gasteiger partial charge in [0.15, 0.2) is 5.76 Å². The van der Waals surface area contributed by atoms with E-state index in [2.05, 4.69) is 4.98 Å². The highest BCUT2D eigenvalue weighted by molar-refractivity contribution is 7.91. The Kier molecular flexibility index (Phi) is 5.89. The first-order chi connectivity index (χ1) is 16.4. The van der Waals surface area contributed by atoms with Crippen molar-refractivity contribution in [3.63, 3.8) is 0 Å². The van der Waals surface area contributed by atoms with Crippen LogP contribution in [0.1, 0.15) is 10.4 Å². The Bertz CT molecular complexity index is 1410. The monoisotopic (exact) mass is 497 g/mol. The summed E-state index contributed by atoms with van der Waals surface area (Å²) >= 11 is 6.19. The van der Waals surface area contributed by atoms with Gasteiger partial charge in [-0.05, 0) is 36.4 Å². The lowest BCUT2D eigenvalue weighted by Gasteiger charge is -2.34. The number of hydrogen-bond donors (Lipinski definition) is 0. The van der Waals surface area contributed by atoms with Crippen LogP contribution in [0.4, 0.5) is 5.88 Å². The Morgan fingerprint density at radius 2 is 1.62 bits per heavy atom. The third-order valence-corrected chi connectivity index (χ3v) is 7.58. The van der Waals surface area contributed by atoms with Gasteiger partial charge < -0.3 is 18.6 Å². The van der Waals surface area contributed by atoms with Crippen molar-refractivity contribution < 1.29 is 22.0 Å². The fourth-order valence-electron chi connectivity index (χ4n) is 3.81. The molecule has 0 atom stereocenters. The maximum absolute atomic E-state index is 13.4. The average molecular weight is 498 g/mol. The molecule has 1 amide bonds. The van der Waals surface area contributed by atoms with Gasteiger partial charge in [-0.2, -0.15) is 4.98 Å². The molecule has 2 aromatic carbocycles. The van der Waals surface area contributed by atoms with E-state index in [4.69, 9.17) is 20.4 Å². The Morgan fingerprint density at radius 3 is 2.29 bits per heavy atom. The fraction of sp³-hybridized carbons (Fsp3) is 0.167. The van der Waals surface area contributed by atoms with Gasteiger partial charge in [-0.25, -0.2) is 8.42 Å². The number of piperazine rings is 1. The number of anilines is 1. The summed E-state index contributed by atoms with van der Waals surface area (Å²) in [5.74, 6) is 0.351. The molecule has 3 heterocycles. The van der Waals surface area contributed by atoms with Crippen LogP contribution < -0.4 is 4.90 Å². The van der Waals surface area contributed by atoms with E-state index >= 15 is 0 Å². The Balaban J connectivity index is 1.45. The van der Waals surface area contributed by atoms with Gasteiger partial charge in [0.25, 0.3) is 11.8 Å². The second-order valence-electron chi connectivity index (χ2n) is 7.68. The molecule has 0 radical (unpaired) electrons. The minimum Gasteiger partial charge on any atom is -0.459 e. The molecule has 34 heavy (non-hydrogen) atoms. The van der Waals surface area contributed by atoms with Crippen LogP contribution in [0, 0.1) is 0 Å². The molecule has 8 nitrogen and oxygen atoms in total. The molecule has 1 aliphatic heterocycles. The lowest BCUT2D eigenvalue weighted by molar-refractivity contribution is 0.0745. The number of aromatic nitrogens is 1. The fourth-order valence-corrected chi connectivity index (χ4v) is 5.37. The molecule has 0 N–H and O–H groups in total. The molecule has 2 aromatic heterocycles. The van der Waals surface area contributed by atoms with E-state index in [1.807, 2.05) is 0 Å². The normalized spacial score (nSPS) is 14.4.